The summed E-state index contributed by atoms with van der Waals surface area (Å²) in [6.07, 6.45) is -0.890. The van der Waals surface area contributed by atoms with Gasteiger partial charge in [0.25, 0.3) is 0 Å². The summed E-state index contributed by atoms with van der Waals surface area (Å²) in [5.41, 5.74) is 0.493. The van der Waals surface area contributed by atoms with Gasteiger partial charge < -0.3 is 25.0 Å². The summed E-state index contributed by atoms with van der Waals surface area (Å²) in [5.74, 6) is 0.753. The lowest BCUT2D eigenvalue weighted by Crippen LogP contribution is -2.22. The second-order valence-corrected chi connectivity index (χ2v) is 4.64. The Kier molecular flexibility index (Phi) is 5.57. The predicted octanol–water partition coefficient (Wildman–Crippen LogP) is 2.39. The van der Waals surface area contributed by atoms with Crippen molar-refractivity contribution in [2.75, 3.05) is 25.6 Å². The molecule has 1 atom stereocenters. The second-order valence-electron chi connectivity index (χ2n) is 4.64. The summed E-state index contributed by atoms with van der Waals surface area (Å²) in [5, 5.41) is 20.8. The Morgan fingerprint density at radius 1 is 1.14 bits per heavy atom. The fourth-order valence-electron chi connectivity index (χ4n) is 1.76. The zero-order chi connectivity index (χ0) is 15.9. The van der Waals surface area contributed by atoms with Crippen LogP contribution < -0.4 is 14.8 Å². The fraction of sp³-hybridized carbons (Fsp3) is 0.250. The quantitative estimate of drug-likeness (QED) is 0.732. The molecule has 2 aromatic rings. The lowest BCUT2D eigenvalue weighted by atomic mass is 10.2. The molecule has 0 aromatic heterocycles. The minimum atomic E-state index is -0.890. The second kappa shape index (κ2) is 7.63. The van der Waals surface area contributed by atoms with Crippen LogP contribution in [0.15, 0.2) is 42.5 Å². The number of ether oxygens (including phenoxy) is 2. The van der Waals surface area contributed by atoms with E-state index in [1.165, 1.54) is 12.1 Å². The number of nitrogens with one attached hydrogen (secondary N) is 1. The Hall–Kier alpha value is -2.31. The highest BCUT2D eigenvalue weighted by atomic mass is 19.1. The molecular weight excluding hydrogens is 289 g/mol. The van der Waals surface area contributed by atoms with Crippen LogP contribution in [0.25, 0.3) is 0 Å². The largest absolute Gasteiger partial charge is 0.497 e. The summed E-state index contributed by atoms with van der Waals surface area (Å²) in [6, 6.07) is 11.2. The van der Waals surface area contributed by atoms with Crippen molar-refractivity contribution in [3.8, 4) is 17.2 Å². The summed E-state index contributed by atoms with van der Waals surface area (Å²) in [4.78, 5) is 0. The highest BCUT2D eigenvalue weighted by Crippen LogP contribution is 2.27. The van der Waals surface area contributed by atoms with Crippen LogP contribution in [0.1, 0.15) is 0 Å². The zero-order valence-corrected chi connectivity index (χ0v) is 12.1. The number of halogens is 1. The maximum Gasteiger partial charge on any atom is 0.167 e. The minimum Gasteiger partial charge on any atom is -0.497 e. The first kappa shape index (κ1) is 16.1. The third-order valence-corrected chi connectivity index (χ3v) is 2.97. The molecule has 1 unspecified atom stereocenters. The van der Waals surface area contributed by atoms with Gasteiger partial charge in [0.15, 0.2) is 11.6 Å². The van der Waals surface area contributed by atoms with Crippen LogP contribution in [0.3, 0.4) is 0 Å². The first-order chi connectivity index (χ1) is 10.6. The maximum absolute atomic E-state index is 14.0. The number of hydrogen-bond donors (Lipinski definition) is 3. The molecule has 0 aliphatic carbocycles. The van der Waals surface area contributed by atoms with E-state index in [9.17, 15) is 9.50 Å². The number of benzene rings is 2. The predicted molar refractivity (Wildman–Crippen MR) is 81.1 cm³/mol. The molecule has 0 radical (unpaired) electrons. The summed E-state index contributed by atoms with van der Waals surface area (Å²) >= 11 is 0. The molecular formula is C16H18FNO4. The Morgan fingerprint density at radius 2 is 1.82 bits per heavy atom. The van der Waals surface area contributed by atoms with E-state index in [0.29, 0.717) is 17.2 Å². The van der Waals surface area contributed by atoms with Gasteiger partial charge in [-0.15, -0.1) is 0 Å². The number of rotatable bonds is 7. The van der Waals surface area contributed by atoms with Crippen LogP contribution in [-0.4, -0.2) is 36.6 Å². The van der Waals surface area contributed by atoms with Gasteiger partial charge >= 0.3 is 0 Å². The number of hydrogen-bond acceptors (Lipinski definition) is 5. The molecule has 0 bridgehead atoms. The van der Waals surface area contributed by atoms with Crippen molar-refractivity contribution in [3.63, 3.8) is 0 Å². The molecule has 118 valence electrons. The normalized spacial score (nSPS) is 11.8. The molecule has 2 aromatic carbocycles. The number of anilines is 1. The Balaban J connectivity index is 2.02. The zero-order valence-electron chi connectivity index (χ0n) is 12.1. The van der Waals surface area contributed by atoms with E-state index < -0.39 is 11.9 Å². The first-order valence-corrected chi connectivity index (χ1v) is 6.76. The van der Waals surface area contributed by atoms with Crippen LogP contribution >= 0.6 is 0 Å². The van der Waals surface area contributed by atoms with Gasteiger partial charge in [-0.25, -0.2) is 4.39 Å². The van der Waals surface area contributed by atoms with Crippen LogP contribution in [-0.2, 0) is 0 Å². The Morgan fingerprint density at radius 3 is 2.41 bits per heavy atom. The van der Waals surface area contributed by atoms with Gasteiger partial charge in [0.1, 0.15) is 11.5 Å². The van der Waals surface area contributed by atoms with Crippen molar-refractivity contribution >= 4 is 5.69 Å². The van der Waals surface area contributed by atoms with Gasteiger partial charge in [-0.1, -0.05) is 0 Å². The van der Waals surface area contributed by atoms with E-state index in [1.54, 1.807) is 37.4 Å². The van der Waals surface area contributed by atoms with Crippen molar-refractivity contribution in [1.29, 1.82) is 0 Å². The molecule has 0 aliphatic heterocycles. The van der Waals surface area contributed by atoms with Crippen molar-refractivity contribution < 1.29 is 24.1 Å². The molecule has 2 rings (SSSR count). The van der Waals surface area contributed by atoms with Crippen molar-refractivity contribution in [2.24, 2.45) is 0 Å². The summed E-state index contributed by atoms with van der Waals surface area (Å²) in [7, 11) is 1.56. The first-order valence-electron chi connectivity index (χ1n) is 6.76. The Labute approximate surface area is 127 Å². The Bertz CT molecular complexity index is 604. The van der Waals surface area contributed by atoms with Gasteiger partial charge in [0.05, 0.1) is 19.8 Å². The minimum absolute atomic E-state index is 0.0958. The highest BCUT2D eigenvalue weighted by Gasteiger charge is 2.08. The number of aliphatic hydroxyl groups is 2. The van der Waals surface area contributed by atoms with E-state index in [0.717, 1.165) is 0 Å². The average molecular weight is 307 g/mol. The van der Waals surface area contributed by atoms with Crippen LogP contribution in [0.2, 0.25) is 0 Å². The summed E-state index contributed by atoms with van der Waals surface area (Å²) < 4.78 is 24.5. The molecule has 0 fully saturated rings. The van der Waals surface area contributed by atoms with E-state index in [2.05, 4.69) is 5.32 Å². The third-order valence-electron chi connectivity index (χ3n) is 2.97. The number of methoxy groups -OCH3 is 1. The molecule has 5 nitrogen and oxygen atoms in total. The van der Waals surface area contributed by atoms with Crippen molar-refractivity contribution in [2.45, 2.75) is 6.10 Å². The van der Waals surface area contributed by atoms with Crippen LogP contribution in [0, 0.1) is 5.82 Å². The maximum atomic E-state index is 14.0. The molecule has 0 heterocycles. The van der Waals surface area contributed by atoms with E-state index in [1.807, 2.05) is 0 Å². The van der Waals surface area contributed by atoms with Crippen LogP contribution in [0.5, 0.6) is 17.2 Å². The highest BCUT2D eigenvalue weighted by molar-refractivity contribution is 5.48. The molecule has 3 N–H and O–H groups in total. The molecule has 0 amide bonds. The lowest BCUT2D eigenvalue weighted by Gasteiger charge is -2.12. The van der Waals surface area contributed by atoms with Crippen LogP contribution in [0.4, 0.5) is 10.1 Å². The van der Waals surface area contributed by atoms with Gasteiger partial charge in [-0.3, -0.25) is 0 Å². The van der Waals surface area contributed by atoms with Gasteiger partial charge in [0, 0.05) is 18.3 Å². The standard InChI is InChI=1S/C16H18FNO4/c1-21-13-3-5-14(6-4-13)22-16-7-2-11(8-15(16)17)18-9-12(20)10-19/h2-8,12,18-20H,9-10H2,1H3. The SMILES string of the molecule is COc1ccc(Oc2ccc(NCC(O)CO)cc2F)cc1. The van der Waals surface area contributed by atoms with E-state index in [-0.39, 0.29) is 18.9 Å². The number of aliphatic hydroxyl groups excluding tert-OH is 2. The molecule has 6 heteroatoms. The molecule has 22 heavy (non-hydrogen) atoms. The van der Waals surface area contributed by atoms with Gasteiger partial charge in [-0.2, -0.15) is 0 Å². The van der Waals surface area contributed by atoms with Gasteiger partial charge in [0.2, 0.25) is 0 Å². The monoisotopic (exact) mass is 307 g/mol. The topological polar surface area (TPSA) is 71.0 Å². The van der Waals surface area contributed by atoms with Crippen molar-refractivity contribution in [3.05, 3.63) is 48.3 Å². The lowest BCUT2D eigenvalue weighted by molar-refractivity contribution is 0.105. The van der Waals surface area contributed by atoms with E-state index in [4.69, 9.17) is 14.6 Å². The third kappa shape index (κ3) is 4.34. The molecule has 0 spiro atoms. The van der Waals surface area contributed by atoms with E-state index >= 15 is 0 Å². The smallest absolute Gasteiger partial charge is 0.167 e. The fourth-order valence-corrected chi connectivity index (χ4v) is 1.76. The van der Waals surface area contributed by atoms with Crippen molar-refractivity contribution in [1.82, 2.24) is 0 Å². The molecule has 0 saturated heterocycles. The average Bonchev–Trinajstić information content (AvgIpc) is 2.55. The molecule has 0 aliphatic rings. The van der Waals surface area contributed by atoms with Gasteiger partial charge in [-0.05, 0) is 36.4 Å². The molecule has 0 saturated carbocycles. The summed E-state index contributed by atoms with van der Waals surface area (Å²) in [6.45, 7) is -0.219.